The van der Waals surface area contributed by atoms with E-state index in [1.807, 2.05) is 0 Å². The summed E-state index contributed by atoms with van der Waals surface area (Å²) in [6, 6.07) is 0.769. The van der Waals surface area contributed by atoms with E-state index >= 15 is 0 Å². The number of hydrogen-bond acceptors (Lipinski definition) is 1. The predicted octanol–water partition coefficient (Wildman–Crippen LogP) is 4.23. The summed E-state index contributed by atoms with van der Waals surface area (Å²) in [5.74, 6) is 1.81. The van der Waals surface area contributed by atoms with Crippen LogP contribution in [0.15, 0.2) is 0 Å². The Morgan fingerprint density at radius 1 is 1.00 bits per heavy atom. The molecule has 0 aromatic heterocycles. The molecule has 2 rings (SSSR count). The van der Waals surface area contributed by atoms with Gasteiger partial charge in [0.25, 0.3) is 0 Å². The van der Waals surface area contributed by atoms with Gasteiger partial charge in [-0.2, -0.15) is 0 Å². The first-order valence-corrected chi connectivity index (χ1v) is 7.66. The van der Waals surface area contributed by atoms with Crippen LogP contribution in [0.4, 0.5) is 0 Å². The molecule has 1 N–H and O–H groups in total. The van der Waals surface area contributed by atoms with Crippen LogP contribution in [-0.2, 0) is 0 Å². The molecule has 0 aromatic rings. The molecule has 2 saturated carbocycles. The van der Waals surface area contributed by atoms with Gasteiger partial charge in [-0.1, -0.05) is 53.9 Å². The highest BCUT2D eigenvalue weighted by atomic mass is 15.0. The molecule has 0 bridgehead atoms. The first-order chi connectivity index (χ1) is 7.93. The zero-order valence-corrected chi connectivity index (χ0v) is 12.5. The van der Waals surface area contributed by atoms with E-state index in [0.717, 1.165) is 24.4 Å². The van der Waals surface area contributed by atoms with Crippen LogP contribution in [0.5, 0.6) is 0 Å². The highest BCUT2D eigenvalue weighted by Crippen LogP contribution is 2.70. The van der Waals surface area contributed by atoms with Crippen molar-refractivity contribution in [3.8, 4) is 0 Å². The summed E-state index contributed by atoms with van der Waals surface area (Å²) >= 11 is 0. The summed E-state index contributed by atoms with van der Waals surface area (Å²) in [5.41, 5.74) is 1.05. The van der Waals surface area contributed by atoms with Gasteiger partial charge in [-0.3, -0.25) is 0 Å². The molecule has 0 aliphatic heterocycles. The average molecular weight is 237 g/mol. The molecule has 0 amide bonds. The molecule has 0 aromatic carbocycles. The van der Waals surface area contributed by atoms with Crippen molar-refractivity contribution >= 4 is 0 Å². The first-order valence-electron chi connectivity index (χ1n) is 7.66. The number of rotatable bonds is 4. The maximum atomic E-state index is 3.83. The highest BCUT2D eigenvalue weighted by molar-refractivity contribution is 5.17. The Kier molecular flexibility index (Phi) is 3.60. The quantitative estimate of drug-likeness (QED) is 0.771. The fourth-order valence-electron chi connectivity index (χ4n) is 4.43. The monoisotopic (exact) mass is 237 g/mol. The SMILES string of the molecule is CCNC(C1CCCCC1)C1C(C)(C)C1(C)C. The van der Waals surface area contributed by atoms with Gasteiger partial charge in [0.2, 0.25) is 0 Å². The summed E-state index contributed by atoms with van der Waals surface area (Å²) in [4.78, 5) is 0. The van der Waals surface area contributed by atoms with E-state index in [4.69, 9.17) is 0 Å². The minimum absolute atomic E-state index is 0.525. The third-order valence-corrected chi connectivity index (χ3v) is 6.09. The Labute approximate surface area is 108 Å². The second kappa shape index (κ2) is 4.57. The summed E-state index contributed by atoms with van der Waals surface area (Å²) in [6.07, 6.45) is 7.30. The Morgan fingerprint density at radius 3 is 1.94 bits per heavy atom. The molecule has 1 heteroatoms. The van der Waals surface area contributed by atoms with Gasteiger partial charge >= 0.3 is 0 Å². The summed E-state index contributed by atoms with van der Waals surface area (Å²) in [6.45, 7) is 13.2. The minimum Gasteiger partial charge on any atom is -0.314 e. The highest BCUT2D eigenvalue weighted by Gasteiger charge is 2.67. The molecule has 100 valence electrons. The van der Waals surface area contributed by atoms with Crippen molar-refractivity contribution in [2.75, 3.05) is 6.54 Å². The van der Waals surface area contributed by atoms with Crippen LogP contribution in [0.1, 0.15) is 66.7 Å². The third kappa shape index (κ3) is 2.16. The molecule has 0 spiro atoms. The van der Waals surface area contributed by atoms with Crippen LogP contribution in [0.3, 0.4) is 0 Å². The molecule has 2 fully saturated rings. The maximum Gasteiger partial charge on any atom is 0.0134 e. The summed E-state index contributed by atoms with van der Waals surface area (Å²) < 4.78 is 0. The molecule has 2 aliphatic rings. The van der Waals surface area contributed by atoms with E-state index < -0.39 is 0 Å². The Bertz CT molecular complexity index is 247. The molecular formula is C16H31N. The van der Waals surface area contributed by atoms with Gasteiger partial charge in [0.15, 0.2) is 0 Å². The Balaban J connectivity index is 2.08. The zero-order valence-electron chi connectivity index (χ0n) is 12.5. The molecule has 0 radical (unpaired) electrons. The third-order valence-electron chi connectivity index (χ3n) is 6.09. The normalized spacial score (nSPS) is 30.2. The van der Waals surface area contributed by atoms with E-state index in [0.29, 0.717) is 10.8 Å². The van der Waals surface area contributed by atoms with Crippen LogP contribution < -0.4 is 5.32 Å². The van der Waals surface area contributed by atoms with Gasteiger partial charge in [0, 0.05) is 6.04 Å². The molecule has 1 unspecified atom stereocenters. The number of hydrogen-bond donors (Lipinski definition) is 1. The maximum absolute atomic E-state index is 3.83. The van der Waals surface area contributed by atoms with Crippen LogP contribution in [0.2, 0.25) is 0 Å². The molecule has 1 atom stereocenters. The summed E-state index contributed by atoms with van der Waals surface area (Å²) in [7, 11) is 0. The lowest BCUT2D eigenvalue weighted by molar-refractivity contribution is 0.228. The Hall–Kier alpha value is -0.0400. The van der Waals surface area contributed by atoms with Gasteiger partial charge in [0.1, 0.15) is 0 Å². The van der Waals surface area contributed by atoms with Crippen molar-refractivity contribution in [3.05, 3.63) is 0 Å². The second-order valence-electron chi connectivity index (χ2n) is 7.40. The number of nitrogens with one attached hydrogen (secondary N) is 1. The second-order valence-corrected chi connectivity index (χ2v) is 7.40. The fraction of sp³-hybridized carbons (Fsp3) is 1.00. The van der Waals surface area contributed by atoms with Crippen LogP contribution >= 0.6 is 0 Å². The topological polar surface area (TPSA) is 12.0 Å². The molecule has 0 saturated heterocycles. The molecule has 0 heterocycles. The van der Waals surface area contributed by atoms with E-state index in [1.54, 1.807) is 0 Å². The lowest BCUT2D eigenvalue weighted by Crippen LogP contribution is -2.40. The van der Waals surface area contributed by atoms with Crippen molar-refractivity contribution in [2.45, 2.75) is 72.8 Å². The fourth-order valence-corrected chi connectivity index (χ4v) is 4.43. The lowest BCUT2D eigenvalue weighted by atomic mass is 9.80. The van der Waals surface area contributed by atoms with Crippen molar-refractivity contribution in [1.82, 2.24) is 5.32 Å². The molecular weight excluding hydrogens is 206 g/mol. The van der Waals surface area contributed by atoms with E-state index in [-0.39, 0.29) is 0 Å². The first kappa shape index (κ1) is 13.4. The minimum atomic E-state index is 0.525. The van der Waals surface area contributed by atoms with Crippen molar-refractivity contribution in [3.63, 3.8) is 0 Å². The molecule has 2 aliphatic carbocycles. The van der Waals surface area contributed by atoms with Gasteiger partial charge in [0.05, 0.1) is 0 Å². The average Bonchev–Trinajstić information content (AvgIpc) is 2.68. The summed E-state index contributed by atoms with van der Waals surface area (Å²) in [5, 5.41) is 3.83. The van der Waals surface area contributed by atoms with Crippen molar-refractivity contribution in [1.29, 1.82) is 0 Å². The van der Waals surface area contributed by atoms with Crippen LogP contribution in [0.25, 0.3) is 0 Å². The lowest BCUT2D eigenvalue weighted by Gasteiger charge is -2.32. The van der Waals surface area contributed by atoms with Gasteiger partial charge in [-0.05, 0) is 42.1 Å². The van der Waals surface area contributed by atoms with Crippen molar-refractivity contribution in [2.24, 2.45) is 22.7 Å². The van der Waals surface area contributed by atoms with Gasteiger partial charge in [-0.25, -0.2) is 0 Å². The Morgan fingerprint density at radius 2 is 1.53 bits per heavy atom. The molecule has 17 heavy (non-hydrogen) atoms. The van der Waals surface area contributed by atoms with Crippen LogP contribution in [0, 0.1) is 22.7 Å². The van der Waals surface area contributed by atoms with Crippen molar-refractivity contribution < 1.29 is 0 Å². The standard InChI is InChI=1S/C16H31N/c1-6-17-13(12-10-8-7-9-11-12)14-15(2,3)16(14,4)5/h12-14,17H,6-11H2,1-5H3. The van der Waals surface area contributed by atoms with Gasteiger partial charge in [-0.15, -0.1) is 0 Å². The predicted molar refractivity (Wildman–Crippen MR) is 75.1 cm³/mol. The van der Waals surface area contributed by atoms with E-state index in [2.05, 4.69) is 39.9 Å². The smallest absolute Gasteiger partial charge is 0.0134 e. The van der Waals surface area contributed by atoms with E-state index in [1.165, 1.54) is 32.1 Å². The van der Waals surface area contributed by atoms with Gasteiger partial charge < -0.3 is 5.32 Å². The largest absolute Gasteiger partial charge is 0.314 e. The molecule has 1 nitrogen and oxygen atoms in total. The van der Waals surface area contributed by atoms with E-state index in [9.17, 15) is 0 Å². The van der Waals surface area contributed by atoms with Crippen LogP contribution in [-0.4, -0.2) is 12.6 Å². The zero-order chi connectivity index (χ0) is 12.7.